The number of hydrogen-bond donors (Lipinski definition) is 0. The molecule has 1 aromatic heterocycles. The quantitative estimate of drug-likeness (QED) is 0.309. The van der Waals surface area contributed by atoms with Crippen LogP contribution >= 0.6 is 11.8 Å². The van der Waals surface area contributed by atoms with Gasteiger partial charge in [-0.2, -0.15) is 0 Å². The average Bonchev–Trinajstić information content (AvgIpc) is 2.92. The fraction of sp³-hybridized carbons (Fsp3) is 0.185. The first kappa shape index (κ1) is 24.2. The van der Waals surface area contributed by atoms with Crippen LogP contribution in [0.5, 0.6) is 11.5 Å². The Kier molecular flexibility index (Phi) is 7.95. The summed E-state index contributed by atoms with van der Waals surface area (Å²) < 4.78 is 10.6. The first-order valence-corrected chi connectivity index (χ1v) is 12.0. The standard InChI is InChI=1S/C27H26N4O3S/c1-31(17-19-14-15-22(33-2)23(16-19)34-3)24(32)18-35-27-28-25(20-10-6-4-7-11-20)26(29-30-27)21-12-8-5-9-13-21/h4-16H,17-18H2,1-3H3. The number of nitrogens with zero attached hydrogens (tertiary/aromatic N) is 4. The molecule has 0 bridgehead atoms. The molecule has 0 saturated heterocycles. The average molecular weight is 487 g/mol. The molecule has 35 heavy (non-hydrogen) atoms. The van der Waals surface area contributed by atoms with Gasteiger partial charge in [0.25, 0.3) is 0 Å². The van der Waals surface area contributed by atoms with Crippen LogP contribution in [0.3, 0.4) is 0 Å². The predicted octanol–water partition coefficient (Wildman–Crippen LogP) is 4.97. The van der Waals surface area contributed by atoms with Gasteiger partial charge in [0.05, 0.1) is 20.0 Å². The summed E-state index contributed by atoms with van der Waals surface area (Å²) in [4.78, 5) is 19.2. The van der Waals surface area contributed by atoms with E-state index in [0.717, 1.165) is 22.4 Å². The minimum absolute atomic E-state index is 0.0400. The van der Waals surface area contributed by atoms with Gasteiger partial charge in [-0.25, -0.2) is 4.98 Å². The summed E-state index contributed by atoms with van der Waals surface area (Å²) in [6.07, 6.45) is 0. The Balaban J connectivity index is 1.48. The number of carbonyl (C=O) groups is 1. The van der Waals surface area contributed by atoms with Gasteiger partial charge in [0.1, 0.15) is 11.4 Å². The van der Waals surface area contributed by atoms with E-state index in [1.54, 1.807) is 26.2 Å². The Morgan fingerprint density at radius 3 is 2.09 bits per heavy atom. The summed E-state index contributed by atoms with van der Waals surface area (Å²) in [5.74, 6) is 1.44. The van der Waals surface area contributed by atoms with E-state index in [2.05, 4.69) is 10.2 Å². The highest BCUT2D eigenvalue weighted by Crippen LogP contribution is 2.30. The lowest BCUT2D eigenvalue weighted by molar-refractivity contribution is -0.127. The van der Waals surface area contributed by atoms with Crippen LogP contribution in [0.1, 0.15) is 5.56 Å². The molecular weight excluding hydrogens is 460 g/mol. The Bertz CT molecular complexity index is 1290. The first-order chi connectivity index (χ1) is 17.1. The minimum Gasteiger partial charge on any atom is -0.493 e. The highest BCUT2D eigenvalue weighted by atomic mass is 32.2. The monoisotopic (exact) mass is 486 g/mol. The van der Waals surface area contributed by atoms with Crippen LogP contribution < -0.4 is 9.47 Å². The zero-order valence-corrected chi connectivity index (χ0v) is 20.7. The number of rotatable bonds is 9. The van der Waals surface area contributed by atoms with Crippen molar-refractivity contribution in [1.29, 1.82) is 0 Å². The molecule has 0 aliphatic carbocycles. The zero-order chi connectivity index (χ0) is 24.6. The molecule has 0 spiro atoms. The zero-order valence-electron chi connectivity index (χ0n) is 19.8. The van der Waals surface area contributed by atoms with E-state index in [4.69, 9.17) is 14.5 Å². The molecular formula is C27H26N4O3S. The third kappa shape index (κ3) is 5.96. The Labute approximate surface area is 209 Å². The van der Waals surface area contributed by atoms with E-state index in [1.165, 1.54) is 11.8 Å². The topological polar surface area (TPSA) is 77.4 Å². The van der Waals surface area contributed by atoms with E-state index in [0.29, 0.717) is 28.9 Å². The lowest BCUT2D eigenvalue weighted by Crippen LogP contribution is -2.27. The molecule has 4 rings (SSSR count). The summed E-state index contributed by atoms with van der Waals surface area (Å²) in [6.45, 7) is 0.446. The summed E-state index contributed by atoms with van der Waals surface area (Å²) in [6, 6.07) is 25.3. The van der Waals surface area contributed by atoms with Crippen molar-refractivity contribution in [2.45, 2.75) is 11.7 Å². The molecule has 0 atom stereocenters. The van der Waals surface area contributed by atoms with Gasteiger partial charge in [-0.1, -0.05) is 78.5 Å². The number of benzene rings is 3. The number of ether oxygens (including phenoxy) is 2. The Morgan fingerprint density at radius 1 is 0.829 bits per heavy atom. The highest BCUT2D eigenvalue weighted by molar-refractivity contribution is 7.99. The first-order valence-electron chi connectivity index (χ1n) is 11.0. The van der Waals surface area contributed by atoms with Crippen molar-refractivity contribution in [3.63, 3.8) is 0 Å². The molecule has 0 aliphatic rings. The van der Waals surface area contributed by atoms with Crippen LogP contribution in [0, 0.1) is 0 Å². The van der Waals surface area contributed by atoms with Crippen molar-refractivity contribution in [2.75, 3.05) is 27.0 Å². The second-order valence-electron chi connectivity index (χ2n) is 7.75. The maximum absolute atomic E-state index is 12.8. The van der Waals surface area contributed by atoms with Crippen molar-refractivity contribution in [1.82, 2.24) is 20.1 Å². The van der Waals surface area contributed by atoms with E-state index >= 15 is 0 Å². The molecule has 1 amide bonds. The van der Waals surface area contributed by atoms with Crippen LogP contribution in [0.25, 0.3) is 22.5 Å². The maximum Gasteiger partial charge on any atom is 0.233 e. The van der Waals surface area contributed by atoms with Crippen molar-refractivity contribution < 1.29 is 14.3 Å². The SMILES string of the molecule is COc1ccc(CN(C)C(=O)CSc2nnc(-c3ccccc3)c(-c3ccccc3)n2)cc1OC. The second-order valence-corrected chi connectivity index (χ2v) is 8.69. The number of amides is 1. The Morgan fingerprint density at radius 2 is 1.46 bits per heavy atom. The summed E-state index contributed by atoms with van der Waals surface area (Å²) in [7, 11) is 4.96. The molecule has 178 valence electrons. The third-order valence-electron chi connectivity index (χ3n) is 5.38. The highest BCUT2D eigenvalue weighted by Gasteiger charge is 2.16. The van der Waals surface area contributed by atoms with E-state index in [1.807, 2.05) is 78.9 Å². The van der Waals surface area contributed by atoms with Gasteiger partial charge in [0.2, 0.25) is 11.1 Å². The molecule has 0 aliphatic heterocycles. The smallest absolute Gasteiger partial charge is 0.233 e. The largest absolute Gasteiger partial charge is 0.493 e. The van der Waals surface area contributed by atoms with Gasteiger partial charge in [-0.05, 0) is 17.7 Å². The van der Waals surface area contributed by atoms with E-state index in [-0.39, 0.29) is 11.7 Å². The van der Waals surface area contributed by atoms with Crippen molar-refractivity contribution in [3.05, 3.63) is 84.4 Å². The van der Waals surface area contributed by atoms with Crippen LogP contribution in [-0.2, 0) is 11.3 Å². The molecule has 3 aromatic carbocycles. The number of methoxy groups -OCH3 is 2. The summed E-state index contributed by atoms with van der Waals surface area (Å²) in [5, 5.41) is 9.22. The summed E-state index contributed by atoms with van der Waals surface area (Å²) in [5.41, 5.74) is 4.27. The lowest BCUT2D eigenvalue weighted by Gasteiger charge is -2.18. The molecule has 0 saturated carbocycles. The molecule has 1 heterocycles. The molecule has 0 fully saturated rings. The normalized spacial score (nSPS) is 10.6. The molecule has 7 nitrogen and oxygen atoms in total. The van der Waals surface area contributed by atoms with Gasteiger partial charge in [-0.3, -0.25) is 4.79 Å². The predicted molar refractivity (Wildman–Crippen MR) is 137 cm³/mol. The van der Waals surface area contributed by atoms with Crippen molar-refractivity contribution in [3.8, 4) is 34.0 Å². The minimum atomic E-state index is -0.0400. The fourth-order valence-electron chi connectivity index (χ4n) is 3.54. The van der Waals surface area contributed by atoms with Gasteiger partial charge in [-0.15, -0.1) is 10.2 Å². The van der Waals surface area contributed by atoms with Crippen molar-refractivity contribution in [2.24, 2.45) is 0 Å². The van der Waals surface area contributed by atoms with Crippen LogP contribution in [0.2, 0.25) is 0 Å². The summed E-state index contributed by atoms with van der Waals surface area (Å²) >= 11 is 1.27. The third-order valence-corrected chi connectivity index (χ3v) is 6.20. The van der Waals surface area contributed by atoms with Gasteiger partial charge in [0.15, 0.2) is 11.5 Å². The Hall–Kier alpha value is -3.91. The van der Waals surface area contributed by atoms with Crippen LogP contribution in [0.15, 0.2) is 84.0 Å². The lowest BCUT2D eigenvalue weighted by atomic mass is 10.0. The molecule has 0 unspecified atom stereocenters. The van der Waals surface area contributed by atoms with Crippen LogP contribution in [-0.4, -0.2) is 53.0 Å². The molecule has 8 heteroatoms. The second kappa shape index (κ2) is 11.5. The number of carbonyl (C=O) groups excluding carboxylic acids is 1. The number of thioether (sulfide) groups is 1. The fourth-order valence-corrected chi connectivity index (χ4v) is 4.26. The maximum atomic E-state index is 12.8. The molecule has 4 aromatic rings. The van der Waals surface area contributed by atoms with Crippen LogP contribution in [0.4, 0.5) is 0 Å². The molecule has 0 radical (unpaired) electrons. The van der Waals surface area contributed by atoms with E-state index < -0.39 is 0 Å². The van der Waals surface area contributed by atoms with E-state index in [9.17, 15) is 4.79 Å². The number of hydrogen-bond acceptors (Lipinski definition) is 7. The molecule has 0 N–H and O–H groups in total. The van der Waals surface area contributed by atoms with Gasteiger partial charge < -0.3 is 14.4 Å². The number of aromatic nitrogens is 3. The van der Waals surface area contributed by atoms with Gasteiger partial charge in [0, 0.05) is 24.7 Å². The van der Waals surface area contributed by atoms with Crippen molar-refractivity contribution >= 4 is 17.7 Å². The van der Waals surface area contributed by atoms with Gasteiger partial charge >= 0.3 is 0 Å².